The van der Waals surface area contributed by atoms with E-state index in [0.717, 1.165) is 0 Å². The molecule has 0 saturated heterocycles. The Kier molecular flexibility index (Phi) is 3.05. The number of hydrogen-bond donors (Lipinski definition) is 0. The van der Waals surface area contributed by atoms with E-state index in [1.807, 2.05) is 6.07 Å². The predicted molar refractivity (Wildman–Crippen MR) is 61.6 cm³/mol. The molecular formula is C11H17P. The van der Waals surface area contributed by atoms with Crippen molar-refractivity contribution in [2.24, 2.45) is 0 Å². The van der Waals surface area contributed by atoms with Gasteiger partial charge in [0.05, 0.1) is 0 Å². The van der Waals surface area contributed by atoms with Crippen molar-refractivity contribution in [3.63, 3.8) is 0 Å². The van der Waals surface area contributed by atoms with E-state index in [1.54, 1.807) is 0 Å². The van der Waals surface area contributed by atoms with Gasteiger partial charge in [-0.3, -0.25) is 0 Å². The Hall–Kier alpha value is -0.610. The third-order valence-electron chi connectivity index (χ3n) is 1.58. The molecule has 0 unspecified atom stereocenters. The minimum absolute atomic E-state index is 1.02. The third kappa shape index (κ3) is 3.69. The molecule has 1 rings (SSSR count). The topological polar surface area (TPSA) is 0 Å². The fourth-order valence-corrected chi connectivity index (χ4v) is 1.60. The molecule has 1 heteroatoms. The molecule has 1 aromatic rings. The van der Waals surface area contributed by atoms with Crippen LogP contribution in [0.25, 0.3) is 6.08 Å². The fourth-order valence-electron chi connectivity index (χ4n) is 0.910. The third-order valence-corrected chi connectivity index (χ3v) is 2.74. The van der Waals surface area contributed by atoms with Gasteiger partial charge >= 0.3 is 75.0 Å². The maximum atomic E-state index is 2.36. The average molecular weight is 180 g/mol. The number of rotatable bonds is 2. The summed E-state index contributed by atoms with van der Waals surface area (Å²) in [5, 5.41) is 0. The van der Waals surface area contributed by atoms with Crippen LogP contribution in [0.5, 0.6) is 0 Å². The Balaban J connectivity index is 2.71. The van der Waals surface area contributed by atoms with Gasteiger partial charge in [0.15, 0.2) is 0 Å². The molecule has 12 heavy (non-hydrogen) atoms. The molecule has 0 aliphatic rings. The minimum atomic E-state index is -1.02. The first kappa shape index (κ1) is 9.48. The summed E-state index contributed by atoms with van der Waals surface area (Å²) in [5.74, 6) is 2.36. The van der Waals surface area contributed by atoms with Crippen molar-refractivity contribution in [1.29, 1.82) is 0 Å². The van der Waals surface area contributed by atoms with E-state index >= 15 is 0 Å². The van der Waals surface area contributed by atoms with Crippen LogP contribution in [-0.2, 0) is 0 Å². The van der Waals surface area contributed by atoms with Crippen molar-refractivity contribution in [3.05, 3.63) is 41.7 Å². The Morgan fingerprint density at radius 2 is 1.58 bits per heavy atom. The first-order chi connectivity index (χ1) is 5.58. The Labute approximate surface area is 75.7 Å². The molecule has 0 fully saturated rings. The summed E-state index contributed by atoms with van der Waals surface area (Å²) in [6.45, 7) is 7.02. The summed E-state index contributed by atoms with van der Waals surface area (Å²) in [6.07, 6.45) is 2.23. The van der Waals surface area contributed by atoms with E-state index < -0.39 is 7.26 Å². The van der Waals surface area contributed by atoms with E-state index in [0.29, 0.717) is 0 Å². The summed E-state index contributed by atoms with van der Waals surface area (Å²) in [5.41, 5.74) is 1.31. The fraction of sp³-hybridized carbons (Fsp3) is 0.273. The van der Waals surface area contributed by atoms with Gasteiger partial charge in [0.1, 0.15) is 0 Å². The molecule has 1 aromatic carbocycles. The summed E-state index contributed by atoms with van der Waals surface area (Å²) in [7, 11) is -1.02. The van der Waals surface area contributed by atoms with Gasteiger partial charge in [-0.05, 0) is 0 Å². The second-order valence-electron chi connectivity index (χ2n) is 4.11. The molecule has 66 valence electrons. The molecular weight excluding hydrogens is 163 g/mol. The van der Waals surface area contributed by atoms with Gasteiger partial charge in [0.25, 0.3) is 0 Å². The Morgan fingerprint density at radius 3 is 2.08 bits per heavy atom. The monoisotopic (exact) mass is 180 g/mol. The molecule has 0 heterocycles. The summed E-state index contributed by atoms with van der Waals surface area (Å²) in [6, 6.07) is 10.5. The molecule has 0 aromatic heterocycles. The Morgan fingerprint density at radius 1 is 1.00 bits per heavy atom. The first-order valence-electron chi connectivity index (χ1n) is 4.32. The number of hydrogen-bond acceptors (Lipinski definition) is 0. The van der Waals surface area contributed by atoms with Crippen LogP contribution in [-0.4, -0.2) is 20.0 Å². The van der Waals surface area contributed by atoms with E-state index in [-0.39, 0.29) is 0 Å². The van der Waals surface area contributed by atoms with Gasteiger partial charge in [-0.25, -0.2) is 0 Å². The zero-order valence-corrected chi connectivity index (χ0v) is 9.04. The van der Waals surface area contributed by atoms with Crippen LogP contribution in [0.2, 0.25) is 0 Å². The van der Waals surface area contributed by atoms with Gasteiger partial charge in [-0.15, -0.1) is 0 Å². The summed E-state index contributed by atoms with van der Waals surface area (Å²) < 4.78 is 0. The molecule has 0 radical (unpaired) electrons. The van der Waals surface area contributed by atoms with Crippen molar-refractivity contribution in [2.75, 3.05) is 20.0 Å². The van der Waals surface area contributed by atoms with Crippen LogP contribution in [0.3, 0.4) is 0 Å². The average Bonchev–Trinajstić information content (AvgIpc) is 2.02. The molecule has 0 saturated carbocycles. The van der Waals surface area contributed by atoms with E-state index in [9.17, 15) is 0 Å². The molecule has 0 nitrogen and oxygen atoms in total. The second-order valence-corrected chi connectivity index (χ2v) is 9.18. The van der Waals surface area contributed by atoms with E-state index in [2.05, 4.69) is 56.2 Å². The molecule has 0 aliphatic heterocycles. The van der Waals surface area contributed by atoms with Crippen LogP contribution >= 0.6 is 7.26 Å². The standard InChI is InChI=1S/C11H17P/c1-12(2,3)10-9-11-7-5-4-6-8-11/h4-10,12H,1-3H3. The molecule has 0 aliphatic carbocycles. The zero-order chi connectivity index (χ0) is 9.03. The van der Waals surface area contributed by atoms with Gasteiger partial charge in [0, 0.05) is 0 Å². The molecule has 0 bridgehead atoms. The van der Waals surface area contributed by atoms with Crippen molar-refractivity contribution < 1.29 is 0 Å². The van der Waals surface area contributed by atoms with Crippen LogP contribution < -0.4 is 0 Å². The van der Waals surface area contributed by atoms with Crippen LogP contribution in [0.1, 0.15) is 5.56 Å². The maximum absolute atomic E-state index is 2.36. The van der Waals surface area contributed by atoms with Crippen molar-refractivity contribution in [1.82, 2.24) is 0 Å². The van der Waals surface area contributed by atoms with Crippen LogP contribution in [0.15, 0.2) is 36.1 Å². The zero-order valence-electron chi connectivity index (χ0n) is 8.04. The van der Waals surface area contributed by atoms with Crippen molar-refractivity contribution in [3.8, 4) is 0 Å². The van der Waals surface area contributed by atoms with Crippen LogP contribution in [0, 0.1) is 0 Å². The van der Waals surface area contributed by atoms with Crippen molar-refractivity contribution >= 4 is 13.3 Å². The van der Waals surface area contributed by atoms with Gasteiger partial charge in [-0.2, -0.15) is 0 Å². The SMILES string of the molecule is C[PH](C)(C)C=Cc1ccccc1. The van der Waals surface area contributed by atoms with Crippen molar-refractivity contribution in [2.45, 2.75) is 0 Å². The number of benzene rings is 1. The second kappa shape index (κ2) is 3.87. The first-order valence-corrected chi connectivity index (χ1v) is 7.90. The van der Waals surface area contributed by atoms with E-state index in [4.69, 9.17) is 0 Å². The summed E-state index contributed by atoms with van der Waals surface area (Å²) in [4.78, 5) is 0. The summed E-state index contributed by atoms with van der Waals surface area (Å²) >= 11 is 0. The van der Waals surface area contributed by atoms with E-state index in [1.165, 1.54) is 5.56 Å². The van der Waals surface area contributed by atoms with Gasteiger partial charge in [0.2, 0.25) is 0 Å². The molecule has 0 atom stereocenters. The predicted octanol–water partition coefficient (Wildman–Crippen LogP) is 3.30. The quantitative estimate of drug-likeness (QED) is 0.612. The molecule has 0 spiro atoms. The Bertz CT molecular complexity index is 254. The molecule has 0 N–H and O–H groups in total. The van der Waals surface area contributed by atoms with Crippen LogP contribution in [0.4, 0.5) is 0 Å². The van der Waals surface area contributed by atoms with Gasteiger partial charge in [-0.1, -0.05) is 0 Å². The molecule has 0 amide bonds. The van der Waals surface area contributed by atoms with Gasteiger partial charge < -0.3 is 0 Å². The normalized spacial score (nSPS) is 13.6.